The summed E-state index contributed by atoms with van der Waals surface area (Å²) in [5.74, 6) is -1.78. The standard InChI is InChI=1S/C27H51NO5/c1-4-5-6-7-8-9-10-11-14-17-20-30-22-27-25(32-26(2,3)33-27)24(29)23(31-27)21-28-18-15-12-13-16-19-28/h23-25,29H,4-22H2,1-3H3/t23-,24+,25-,27-/m0/s1. The van der Waals surface area contributed by atoms with Crippen LogP contribution in [-0.2, 0) is 18.9 Å². The van der Waals surface area contributed by atoms with E-state index in [1.807, 2.05) is 13.8 Å². The fourth-order valence-corrected chi connectivity index (χ4v) is 5.61. The van der Waals surface area contributed by atoms with Gasteiger partial charge in [-0.3, -0.25) is 0 Å². The molecule has 0 aromatic heterocycles. The van der Waals surface area contributed by atoms with Crippen LogP contribution in [0.5, 0.6) is 0 Å². The number of fused-ring (bicyclic) bond motifs is 1. The Kier molecular flexibility index (Phi) is 11.4. The number of aliphatic hydroxyl groups excluding tert-OH is 1. The van der Waals surface area contributed by atoms with Crippen LogP contribution in [0, 0.1) is 0 Å². The molecule has 6 nitrogen and oxygen atoms in total. The molecule has 3 saturated heterocycles. The van der Waals surface area contributed by atoms with E-state index in [0.29, 0.717) is 13.2 Å². The van der Waals surface area contributed by atoms with Crippen LogP contribution in [0.25, 0.3) is 0 Å². The van der Waals surface area contributed by atoms with Crippen LogP contribution in [0.3, 0.4) is 0 Å². The van der Waals surface area contributed by atoms with Gasteiger partial charge < -0.3 is 29.0 Å². The third kappa shape index (κ3) is 8.43. The Morgan fingerprint density at radius 2 is 1.45 bits per heavy atom. The number of nitrogens with zero attached hydrogens (tertiary/aromatic N) is 1. The van der Waals surface area contributed by atoms with Gasteiger partial charge in [0.2, 0.25) is 5.79 Å². The Balaban J connectivity index is 1.36. The zero-order chi connectivity index (χ0) is 23.6. The maximum atomic E-state index is 11.0. The summed E-state index contributed by atoms with van der Waals surface area (Å²) in [6, 6.07) is 0. The van der Waals surface area contributed by atoms with Crippen molar-refractivity contribution >= 4 is 0 Å². The maximum Gasteiger partial charge on any atom is 0.224 e. The van der Waals surface area contributed by atoms with Gasteiger partial charge in [0, 0.05) is 13.2 Å². The highest BCUT2D eigenvalue weighted by Crippen LogP contribution is 2.45. The third-order valence-corrected chi connectivity index (χ3v) is 7.39. The average Bonchev–Trinajstić information content (AvgIpc) is 3.03. The first kappa shape index (κ1) is 27.3. The molecule has 3 aliphatic heterocycles. The second-order valence-electron chi connectivity index (χ2n) is 10.9. The Morgan fingerprint density at radius 1 is 0.848 bits per heavy atom. The van der Waals surface area contributed by atoms with Crippen LogP contribution in [0.4, 0.5) is 0 Å². The first-order valence-electron chi connectivity index (χ1n) is 14.0. The Hall–Kier alpha value is -0.240. The van der Waals surface area contributed by atoms with Crippen molar-refractivity contribution in [3.05, 3.63) is 0 Å². The molecule has 0 unspecified atom stereocenters. The molecule has 0 aliphatic carbocycles. The van der Waals surface area contributed by atoms with Crippen molar-refractivity contribution in [2.45, 2.75) is 141 Å². The van der Waals surface area contributed by atoms with Gasteiger partial charge in [-0.05, 0) is 46.2 Å². The van der Waals surface area contributed by atoms with E-state index in [4.69, 9.17) is 18.9 Å². The molecule has 194 valence electrons. The van der Waals surface area contributed by atoms with E-state index in [1.165, 1.54) is 83.5 Å². The molecule has 0 spiro atoms. The quantitative estimate of drug-likeness (QED) is 0.324. The molecule has 3 aliphatic rings. The van der Waals surface area contributed by atoms with E-state index in [-0.39, 0.29) is 6.10 Å². The highest BCUT2D eigenvalue weighted by molar-refractivity contribution is 5.03. The summed E-state index contributed by atoms with van der Waals surface area (Å²) >= 11 is 0. The van der Waals surface area contributed by atoms with Gasteiger partial charge >= 0.3 is 0 Å². The molecule has 33 heavy (non-hydrogen) atoms. The van der Waals surface area contributed by atoms with Crippen LogP contribution < -0.4 is 0 Å². The lowest BCUT2D eigenvalue weighted by molar-refractivity contribution is -0.279. The van der Waals surface area contributed by atoms with Crippen LogP contribution >= 0.6 is 0 Å². The maximum absolute atomic E-state index is 11.0. The largest absolute Gasteiger partial charge is 0.387 e. The zero-order valence-electron chi connectivity index (χ0n) is 21.7. The number of ether oxygens (including phenoxy) is 4. The summed E-state index contributed by atoms with van der Waals surface area (Å²) in [5, 5.41) is 11.0. The van der Waals surface area contributed by atoms with Crippen molar-refractivity contribution in [2.75, 3.05) is 32.8 Å². The van der Waals surface area contributed by atoms with Crippen molar-refractivity contribution in [3.8, 4) is 0 Å². The molecule has 3 heterocycles. The minimum atomic E-state index is -1.00. The molecular weight excluding hydrogens is 418 g/mol. The van der Waals surface area contributed by atoms with Crippen molar-refractivity contribution < 1.29 is 24.1 Å². The van der Waals surface area contributed by atoms with Crippen molar-refractivity contribution in [3.63, 3.8) is 0 Å². The summed E-state index contributed by atoms with van der Waals surface area (Å²) in [7, 11) is 0. The van der Waals surface area contributed by atoms with E-state index in [9.17, 15) is 5.11 Å². The second kappa shape index (κ2) is 13.7. The number of hydrogen-bond acceptors (Lipinski definition) is 6. The van der Waals surface area contributed by atoms with Crippen LogP contribution in [-0.4, -0.2) is 72.7 Å². The second-order valence-corrected chi connectivity index (χ2v) is 10.9. The normalized spacial score (nSPS) is 32.2. The van der Waals surface area contributed by atoms with Crippen LogP contribution in [0.15, 0.2) is 0 Å². The van der Waals surface area contributed by atoms with E-state index >= 15 is 0 Å². The van der Waals surface area contributed by atoms with Gasteiger partial charge in [-0.25, -0.2) is 0 Å². The third-order valence-electron chi connectivity index (χ3n) is 7.39. The smallest absolute Gasteiger partial charge is 0.224 e. The molecule has 0 bridgehead atoms. The lowest BCUT2D eigenvalue weighted by Gasteiger charge is -2.30. The fraction of sp³-hybridized carbons (Fsp3) is 1.00. The SMILES string of the molecule is CCCCCCCCCCCCOC[C@@]12O[C@@H](CN3CCCCCC3)[C@@H](O)[C@@H]1OC(C)(C)O2. The zero-order valence-corrected chi connectivity index (χ0v) is 21.7. The molecule has 1 N–H and O–H groups in total. The summed E-state index contributed by atoms with van der Waals surface area (Å²) < 4.78 is 24.8. The molecular formula is C27H51NO5. The van der Waals surface area contributed by atoms with E-state index < -0.39 is 23.8 Å². The molecule has 0 saturated carbocycles. The Labute approximate surface area is 202 Å². The average molecular weight is 470 g/mol. The molecule has 0 aromatic rings. The number of rotatable bonds is 15. The lowest BCUT2D eigenvalue weighted by atomic mass is 10.1. The lowest BCUT2D eigenvalue weighted by Crippen LogP contribution is -2.45. The topological polar surface area (TPSA) is 60.4 Å². The number of aliphatic hydroxyl groups is 1. The van der Waals surface area contributed by atoms with Gasteiger partial charge in [-0.15, -0.1) is 0 Å². The van der Waals surface area contributed by atoms with Gasteiger partial charge in [0.15, 0.2) is 5.79 Å². The predicted octanol–water partition coefficient (Wildman–Crippen LogP) is 5.41. The van der Waals surface area contributed by atoms with E-state index in [0.717, 1.165) is 26.1 Å². The Bertz CT molecular complexity index is 537. The molecule has 3 rings (SSSR count). The van der Waals surface area contributed by atoms with Gasteiger partial charge in [0.25, 0.3) is 0 Å². The van der Waals surface area contributed by atoms with Gasteiger partial charge in [-0.2, -0.15) is 0 Å². The Morgan fingerprint density at radius 3 is 2.09 bits per heavy atom. The molecule has 3 fully saturated rings. The molecule has 6 heteroatoms. The first-order chi connectivity index (χ1) is 16.0. The van der Waals surface area contributed by atoms with E-state index in [2.05, 4.69) is 11.8 Å². The van der Waals surface area contributed by atoms with Gasteiger partial charge in [0.05, 0.1) is 0 Å². The molecule has 4 atom stereocenters. The summed E-state index contributed by atoms with van der Waals surface area (Å²) in [6.07, 6.45) is 16.6. The fourth-order valence-electron chi connectivity index (χ4n) is 5.61. The monoisotopic (exact) mass is 469 g/mol. The van der Waals surface area contributed by atoms with Gasteiger partial charge in [-0.1, -0.05) is 77.6 Å². The summed E-state index contributed by atoms with van der Waals surface area (Å²) in [4.78, 5) is 2.42. The summed E-state index contributed by atoms with van der Waals surface area (Å²) in [6.45, 7) is 9.93. The molecule has 0 radical (unpaired) electrons. The van der Waals surface area contributed by atoms with Crippen LogP contribution in [0.1, 0.15) is 111 Å². The number of hydrogen-bond donors (Lipinski definition) is 1. The van der Waals surface area contributed by atoms with Crippen molar-refractivity contribution in [1.82, 2.24) is 4.90 Å². The van der Waals surface area contributed by atoms with Crippen molar-refractivity contribution in [1.29, 1.82) is 0 Å². The predicted molar refractivity (Wildman–Crippen MR) is 131 cm³/mol. The highest BCUT2D eigenvalue weighted by Gasteiger charge is 2.64. The number of likely N-dealkylation sites (tertiary alicyclic amines) is 1. The van der Waals surface area contributed by atoms with Gasteiger partial charge in [0.1, 0.15) is 24.9 Å². The first-order valence-corrected chi connectivity index (χ1v) is 14.0. The molecule has 0 amide bonds. The van der Waals surface area contributed by atoms with E-state index in [1.54, 1.807) is 0 Å². The van der Waals surface area contributed by atoms with Crippen LogP contribution in [0.2, 0.25) is 0 Å². The molecule has 0 aromatic carbocycles. The van der Waals surface area contributed by atoms with Crippen molar-refractivity contribution in [2.24, 2.45) is 0 Å². The number of unbranched alkanes of at least 4 members (excludes halogenated alkanes) is 9. The minimum absolute atomic E-state index is 0.301. The highest BCUT2D eigenvalue weighted by atomic mass is 16.9. The summed E-state index contributed by atoms with van der Waals surface area (Å²) in [5.41, 5.74) is 0. The minimum Gasteiger partial charge on any atom is -0.387 e.